The number of hydrogen-bond acceptors (Lipinski definition) is 8. The van der Waals surface area contributed by atoms with E-state index >= 15 is 0 Å². The third-order valence-electron chi connectivity index (χ3n) is 5.46. The molecule has 37 heavy (non-hydrogen) atoms. The maximum Gasteiger partial charge on any atom is 0.265 e. The first-order valence-corrected chi connectivity index (χ1v) is 13.0. The van der Waals surface area contributed by atoms with Gasteiger partial charge < -0.3 is 21.7 Å². The molecule has 0 saturated carbocycles. The summed E-state index contributed by atoms with van der Waals surface area (Å²) in [6.07, 6.45) is 3.50. The lowest BCUT2D eigenvalue weighted by Gasteiger charge is -2.10. The molecule has 0 aliphatic heterocycles. The van der Waals surface area contributed by atoms with Crippen LogP contribution in [0.5, 0.6) is 0 Å². The Balaban J connectivity index is 1.26. The second-order valence-corrected chi connectivity index (χ2v) is 10.0. The summed E-state index contributed by atoms with van der Waals surface area (Å²) >= 11 is 2.60. The van der Waals surface area contributed by atoms with Crippen molar-refractivity contribution in [2.75, 3.05) is 21.7 Å². The number of benzene rings is 2. The van der Waals surface area contributed by atoms with Crippen LogP contribution in [0.2, 0.25) is 0 Å². The summed E-state index contributed by atoms with van der Waals surface area (Å²) in [5, 5.41) is 11.7. The van der Waals surface area contributed by atoms with Crippen LogP contribution >= 0.6 is 22.7 Å². The van der Waals surface area contributed by atoms with Gasteiger partial charge >= 0.3 is 0 Å². The molecule has 0 radical (unpaired) electrons. The molecule has 3 heterocycles. The lowest BCUT2D eigenvalue weighted by atomic mass is 10.2. The normalized spacial score (nSPS) is 10.6. The highest BCUT2D eigenvalue weighted by molar-refractivity contribution is 7.16. The molecule has 5 rings (SSSR count). The van der Waals surface area contributed by atoms with Crippen molar-refractivity contribution < 1.29 is 9.59 Å². The SMILES string of the molecule is Cc1ccc(NC(=O)c2ccc(C(=O)Nc3ccccc3N)s2)cc1Nc1nc(-c2cccnc2)cs1. The number of nitrogens with zero attached hydrogens (tertiary/aromatic N) is 2. The molecule has 0 atom stereocenters. The molecule has 3 aromatic heterocycles. The van der Waals surface area contributed by atoms with Crippen LogP contribution in [0.25, 0.3) is 11.3 Å². The largest absolute Gasteiger partial charge is 0.397 e. The Morgan fingerprint density at radius 1 is 0.892 bits per heavy atom. The highest BCUT2D eigenvalue weighted by atomic mass is 32.1. The number of nitrogens with one attached hydrogen (secondary N) is 3. The average Bonchev–Trinajstić information content (AvgIpc) is 3.58. The predicted octanol–water partition coefficient (Wildman–Crippen LogP) is 6.41. The van der Waals surface area contributed by atoms with Crippen LogP contribution in [-0.2, 0) is 0 Å². The summed E-state index contributed by atoms with van der Waals surface area (Å²) in [4.78, 5) is 35.1. The van der Waals surface area contributed by atoms with Crippen LogP contribution in [-0.4, -0.2) is 21.8 Å². The highest BCUT2D eigenvalue weighted by Crippen LogP contribution is 2.30. The fourth-order valence-corrected chi connectivity index (χ4v) is 5.03. The standard InChI is InChI=1S/C27H22N6O2S2/c1-16-8-9-18(13-21(16)32-27-33-22(15-36-27)17-5-4-12-29-14-17)30-25(34)23-10-11-24(37-23)26(35)31-20-7-3-2-6-19(20)28/h2-15H,28H2,1H3,(H,30,34)(H,31,35)(H,32,33). The Kier molecular flexibility index (Phi) is 6.93. The second-order valence-electron chi connectivity index (χ2n) is 8.09. The van der Waals surface area contributed by atoms with Crippen molar-refractivity contribution in [2.24, 2.45) is 0 Å². The van der Waals surface area contributed by atoms with Crippen LogP contribution in [0.3, 0.4) is 0 Å². The summed E-state index contributed by atoms with van der Waals surface area (Å²) in [6, 6.07) is 19.7. The van der Waals surface area contributed by atoms with Crippen molar-refractivity contribution in [2.45, 2.75) is 6.92 Å². The van der Waals surface area contributed by atoms with Crippen molar-refractivity contribution in [3.05, 3.63) is 99.8 Å². The topological polar surface area (TPSA) is 122 Å². The van der Waals surface area contributed by atoms with E-state index in [2.05, 4.69) is 25.9 Å². The van der Waals surface area contributed by atoms with Crippen molar-refractivity contribution in [1.82, 2.24) is 9.97 Å². The molecule has 10 heteroatoms. The number of aryl methyl sites for hydroxylation is 1. The van der Waals surface area contributed by atoms with Gasteiger partial charge in [-0.25, -0.2) is 4.98 Å². The third-order valence-corrected chi connectivity index (χ3v) is 7.30. The molecule has 5 aromatic rings. The van der Waals surface area contributed by atoms with Gasteiger partial charge in [0.15, 0.2) is 5.13 Å². The molecular weight excluding hydrogens is 504 g/mol. The minimum absolute atomic E-state index is 0.300. The van der Waals surface area contributed by atoms with E-state index in [-0.39, 0.29) is 11.8 Å². The summed E-state index contributed by atoms with van der Waals surface area (Å²) in [7, 11) is 0. The molecular formula is C27H22N6O2S2. The molecule has 5 N–H and O–H groups in total. The van der Waals surface area contributed by atoms with E-state index in [1.54, 1.807) is 48.8 Å². The smallest absolute Gasteiger partial charge is 0.265 e. The molecule has 0 aliphatic rings. The number of hydrogen-bond donors (Lipinski definition) is 4. The number of para-hydroxylation sites is 2. The molecule has 0 bridgehead atoms. The number of anilines is 5. The average molecular weight is 527 g/mol. The Morgan fingerprint density at radius 2 is 1.68 bits per heavy atom. The summed E-state index contributed by atoms with van der Waals surface area (Å²) < 4.78 is 0. The van der Waals surface area contributed by atoms with Crippen LogP contribution in [0.15, 0.2) is 84.5 Å². The number of amides is 2. The number of carbonyl (C=O) groups is 2. The highest BCUT2D eigenvalue weighted by Gasteiger charge is 2.16. The Morgan fingerprint density at radius 3 is 2.43 bits per heavy atom. The number of nitrogens with two attached hydrogens (primary N) is 1. The zero-order valence-electron chi connectivity index (χ0n) is 19.7. The van der Waals surface area contributed by atoms with Crippen LogP contribution < -0.4 is 21.7 Å². The molecule has 2 amide bonds. The van der Waals surface area contributed by atoms with Gasteiger partial charge in [0.2, 0.25) is 0 Å². The number of carbonyl (C=O) groups excluding carboxylic acids is 2. The Hall–Kier alpha value is -4.54. The van der Waals surface area contributed by atoms with Crippen LogP contribution in [0, 0.1) is 6.92 Å². The van der Waals surface area contributed by atoms with Gasteiger partial charge in [0, 0.05) is 34.7 Å². The first-order chi connectivity index (χ1) is 18.0. The zero-order chi connectivity index (χ0) is 25.8. The fourth-order valence-electron chi connectivity index (χ4n) is 3.50. The Bertz CT molecular complexity index is 1580. The zero-order valence-corrected chi connectivity index (χ0v) is 21.3. The molecule has 2 aromatic carbocycles. The number of aromatic nitrogens is 2. The molecule has 0 unspecified atom stereocenters. The van der Waals surface area contributed by atoms with Crippen molar-refractivity contribution in [3.8, 4) is 11.3 Å². The number of pyridine rings is 1. The molecule has 8 nitrogen and oxygen atoms in total. The monoisotopic (exact) mass is 526 g/mol. The number of thiazole rings is 1. The third kappa shape index (κ3) is 5.66. The van der Waals surface area contributed by atoms with E-state index in [1.165, 1.54) is 11.3 Å². The van der Waals surface area contributed by atoms with Gasteiger partial charge in [0.25, 0.3) is 11.8 Å². The summed E-state index contributed by atoms with van der Waals surface area (Å²) in [6.45, 7) is 1.98. The van der Waals surface area contributed by atoms with Gasteiger partial charge in [-0.3, -0.25) is 14.6 Å². The maximum absolute atomic E-state index is 12.9. The van der Waals surface area contributed by atoms with Crippen molar-refractivity contribution in [1.29, 1.82) is 0 Å². The number of rotatable bonds is 7. The number of nitrogen functional groups attached to an aromatic ring is 1. The van der Waals surface area contributed by atoms with Crippen molar-refractivity contribution in [3.63, 3.8) is 0 Å². The van der Waals surface area contributed by atoms with E-state index in [4.69, 9.17) is 5.73 Å². The van der Waals surface area contributed by atoms with E-state index < -0.39 is 0 Å². The fraction of sp³-hybridized carbons (Fsp3) is 0.0370. The van der Waals surface area contributed by atoms with Crippen LogP contribution in [0.1, 0.15) is 24.9 Å². The molecule has 0 spiro atoms. The minimum atomic E-state index is -0.321. The first-order valence-electron chi connectivity index (χ1n) is 11.3. The minimum Gasteiger partial charge on any atom is -0.397 e. The van der Waals surface area contributed by atoms with Gasteiger partial charge in [-0.15, -0.1) is 22.7 Å². The lowest BCUT2D eigenvalue weighted by Crippen LogP contribution is -2.12. The molecule has 0 saturated heterocycles. The first kappa shape index (κ1) is 24.2. The second kappa shape index (κ2) is 10.6. The molecule has 184 valence electrons. The number of thiophene rings is 1. The van der Waals surface area contributed by atoms with Crippen molar-refractivity contribution >= 4 is 62.4 Å². The van der Waals surface area contributed by atoms with E-state index in [1.807, 2.05) is 42.6 Å². The predicted molar refractivity (Wildman–Crippen MR) is 151 cm³/mol. The summed E-state index contributed by atoms with van der Waals surface area (Å²) in [5.41, 5.74) is 11.1. The summed E-state index contributed by atoms with van der Waals surface area (Å²) in [5.74, 6) is -0.621. The molecule has 0 fully saturated rings. The van der Waals surface area contributed by atoms with Gasteiger partial charge in [-0.2, -0.15) is 0 Å². The quantitative estimate of drug-likeness (QED) is 0.182. The van der Waals surface area contributed by atoms with E-state index in [0.29, 0.717) is 26.8 Å². The van der Waals surface area contributed by atoms with Gasteiger partial charge in [-0.05, 0) is 61.0 Å². The van der Waals surface area contributed by atoms with Gasteiger partial charge in [0.1, 0.15) is 0 Å². The van der Waals surface area contributed by atoms with Gasteiger partial charge in [0.05, 0.1) is 26.8 Å². The molecule has 0 aliphatic carbocycles. The van der Waals surface area contributed by atoms with E-state index in [9.17, 15) is 9.59 Å². The lowest BCUT2D eigenvalue weighted by molar-refractivity contribution is 0.102. The Labute approximate surface area is 221 Å². The van der Waals surface area contributed by atoms with Gasteiger partial charge in [-0.1, -0.05) is 18.2 Å². The van der Waals surface area contributed by atoms with Crippen LogP contribution in [0.4, 0.5) is 27.9 Å². The van der Waals surface area contributed by atoms with E-state index in [0.717, 1.165) is 39.0 Å². The maximum atomic E-state index is 12.9.